The Morgan fingerprint density at radius 1 is 1.21 bits per heavy atom. The normalized spacial score (nSPS) is 18.9. The summed E-state index contributed by atoms with van der Waals surface area (Å²) < 4.78 is 21.9. The number of allylic oxidation sites excluding steroid dienone is 1. The van der Waals surface area contributed by atoms with Crippen LogP contribution in [0.25, 0.3) is 6.08 Å². The highest BCUT2D eigenvalue weighted by molar-refractivity contribution is 6.31. The summed E-state index contributed by atoms with van der Waals surface area (Å²) in [5, 5.41) is 0.511. The van der Waals surface area contributed by atoms with Crippen LogP contribution in [0, 0.1) is 5.92 Å². The Hall–Kier alpha value is -2.83. The van der Waals surface area contributed by atoms with Gasteiger partial charge in [-0.2, -0.15) is 0 Å². The molecule has 0 aromatic heterocycles. The molecule has 0 spiro atoms. The number of benzene rings is 2. The topological polar surface area (TPSA) is 71.1 Å². The van der Waals surface area contributed by atoms with E-state index in [0.29, 0.717) is 40.0 Å². The van der Waals surface area contributed by atoms with Crippen molar-refractivity contribution in [2.24, 2.45) is 5.92 Å². The number of halogens is 1. The largest absolute Gasteiger partial charge is 0.467 e. The number of carbonyl (C=O) groups excluding carboxylic acids is 2. The first kappa shape index (κ1) is 17.3. The number of ether oxygens (including phenoxy) is 4. The van der Waals surface area contributed by atoms with Crippen molar-refractivity contribution < 1.29 is 28.5 Å². The maximum Gasteiger partial charge on any atom is 0.314 e. The van der Waals surface area contributed by atoms with E-state index in [1.54, 1.807) is 36.4 Å². The number of fused-ring (bicyclic) bond motifs is 2. The average Bonchev–Trinajstić information content (AvgIpc) is 3.48. The molecular formula is C21H15ClO6. The molecule has 0 amide bonds. The van der Waals surface area contributed by atoms with Crippen molar-refractivity contribution in [1.82, 2.24) is 0 Å². The second kappa shape index (κ2) is 6.65. The van der Waals surface area contributed by atoms with Crippen LogP contribution in [-0.4, -0.2) is 18.5 Å². The van der Waals surface area contributed by atoms with Crippen LogP contribution in [0.1, 0.15) is 34.3 Å². The molecule has 1 saturated carbocycles. The summed E-state index contributed by atoms with van der Waals surface area (Å²) in [7, 11) is 0. The third-order valence-corrected chi connectivity index (χ3v) is 4.98. The van der Waals surface area contributed by atoms with Gasteiger partial charge in [0.25, 0.3) is 0 Å². The molecule has 2 aromatic carbocycles. The standard InChI is InChI=1S/C21H15ClO6/c22-14-5-12(20-13(6-14)9-25-10-26-20)7-18-19(23)16-4-3-15(8-17(16)28-18)27-21(24)11-1-2-11/h3-8,11H,1-2,9-10H2/b18-7-. The molecule has 3 aliphatic rings. The molecule has 1 aliphatic carbocycles. The van der Waals surface area contributed by atoms with E-state index >= 15 is 0 Å². The van der Waals surface area contributed by atoms with Crippen LogP contribution >= 0.6 is 11.6 Å². The summed E-state index contributed by atoms with van der Waals surface area (Å²) >= 11 is 6.18. The molecule has 2 aromatic rings. The number of esters is 1. The molecule has 28 heavy (non-hydrogen) atoms. The molecular weight excluding hydrogens is 384 g/mol. The SMILES string of the molecule is O=C1/C(=C/c2cc(Cl)cc3c2OCOC3)Oc2cc(OC(=O)C3CC3)ccc21. The minimum Gasteiger partial charge on any atom is -0.467 e. The van der Waals surface area contributed by atoms with Crippen LogP contribution in [0.4, 0.5) is 0 Å². The molecule has 0 bridgehead atoms. The number of Topliss-reactive ketones (excluding diaryl/α,β-unsaturated/α-hetero) is 1. The van der Waals surface area contributed by atoms with E-state index < -0.39 is 0 Å². The minimum absolute atomic E-state index is 0.00996. The monoisotopic (exact) mass is 398 g/mol. The van der Waals surface area contributed by atoms with Crippen molar-refractivity contribution in [2.75, 3.05) is 6.79 Å². The summed E-state index contributed by atoms with van der Waals surface area (Å²) in [6.45, 7) is 0.520. The maximum atomic E-state index is 12.7. The molecule has 5 rings (SSSR count). The third kappa shape index (κ3) is 3.15. The Morgan fingerprint density at radius 2 is 2.07 bits per heavy atom. The Kier molecular flexibility index (Phi) is 4.10. The first-order chi connectivity index (χ1) is 13.6. The van der Waals surface area contributed by atoms with Gasteiger partial charge in [0.2, 0.25) is 5.78 Å². The number of rotatable bonds is 3. The summed E-state index contributed by atoms with van der Waals surface area (Å²) in [6, 6.07) is 8.24. The Bertz CT molecular complexity index is 1040. The van der Waals surface area contributed by atoms with Gasteiger partial charge in [0.05, 0.1) is 18.1 Å². The zero-order valence-corrected chi connectivity index (χ0v) is 15.5. The second-order valence-electron chi connectivity index (χ2n) is 6.89. The number of hydrogen-bond donors (Lipinski definition) is 0. The zero-order valence-electron chi connectivity index (χ0n) is 14.7. The maximum absolute atomic E-state index is 12.7. The van der Waals surface area contributed by atoms with Gasteiger partial charge >= 0.3 is 5.97 Å². The molecule has 2 heterocycles. The van der Waals surface area contributed by atoms with Gasteiger partial charge in [0.1, 0.15) is 17.2 Å². The van der Waals surface area contributed by atoms with E-state index in [-0.39, 0.29) is 30.2 Å². The van der Waals surface area contributed by atoms with Gasteiger partial charge in [-0.25, -0.2) is 0 Å². The minimum atomic E-state index is -0.254. The van der Waals surface area contributed by atoms with E-state index in [2.05, 4.69) is 0 Å². The molecule has 142 valence electrons. The first-order valence-electron chi connectivity index (χ1n) is 8.91. The van der Waals surface area contributed by atoms with E-state index in [9.17, 15) is 9.59 Å². The first-order valence-corrected chi connectivity index (χ1v) is 9.29. The molecule has 0 unspecified atom stereocenters. The Labute approximate surface area is 165 Å². The number of hydrogen-bond acceptors (Lipinski definition) is 6. The van der Waals surface area contributed by atoms with Gasteiger partial charge in [-0.1, -0.05) is 11.6 Å². The summed E-state index contributed by atoms with van der Waals surface area (Å²) in [5.41, 5.74) is 1.86. The molecule has 0 saturated heterocycles. The molecule has 7 heteroatoms. The lowest BCUT2D eigenvalue weighted by Crippen LogP contribution is -2.12. The fourth-order valence-electron chi connectivity index (χ4n) is 3.21. The highest BCUT2D eigenvalue weighted by Crippen LogP contribution is 2.38. The van der Waals surface area contributed by atoms with E-state index in [4.69, 9.17) is 30.5 Å². The van der Waals surface area contributed by atoms with Crippen molar-refractivity contribution in [3.63, 3.8) is 0 Å². The predicted molar refractivity (Wildman–Crippen MR) is 99.5 cm³/mol. The second-order valence-corrected chi connectivity index (χ2v) is 7.32. The lowest BCUT2D eigenvalue weighted by atomic mass is 10.1. The molecule has 0 N–H and O–H groups in total. The van der Waals surface area contributed by atoms with Gasteiger partial charge in [-0.3, -0.25) is 9.59 Å². The van der Waals surface area contributed by atoms with E-state index in [1.165, 1.54) is 0 Å². The smallest absolute Gasteiger partial charge is 0.314 e. The lowest BCUT2D eigenvalue weighted by molar-refractivity contribution is -0.135. The molecule has 2 aliphatic heterocycles. The zero-order chi connectivity index (χ0) is 19.3. The quantitative estimate of drug-likeness (QED) is 0.439. The van der Waals surface area contributed by atoms with Crippen molar-refractivity contribution in [1.29, 1.82) is 0 Å². The molecule has 6 nitrogen and oxygen atoms in total. The summed E-state index contributed by atoms with van der Waals surface area (Å²) in [4.78, 5) is 24.5. The van der Waals surface area contributed by atoms with Gasteiger partial charge in [0.15, 0.2) is 12.6 Å². The van der Waals surface area contributed by atoms with Gasteiger partial charge < -0.3 is 18.9 Å². The predicted octanol–water partition coefficient (Wildman–Crippen LogP) is 4.14. The Morgan fingerprint density at radius 3 is 2.89 bits per heavy atom. The number of carbonyl (C=O) groups is 2. The molecule has 0 radical (unpaired) electrons. The van der Waals surface area contributed by atoms with Gasteiger partial charge in [-0.05, 0) is 43.2 Å². The fraction of sp³-hybridized carbons (Fsp3) is 0.238. The van der Waals surface area contributed by atoms with Gasteiger partial charge in [0, 0.05) is 22.2 Å². The summed E-state index contributed by atoms with van der Waals surface area (Å²) in [5.74, 6) is 0.989. The van der Waals surface area contributed by atoms with Crippen LogP contribution in [0.15, 0.2) is 36.1 Å². The van der Waals surface area contributed by atoms with Crippen molar-refractivity contribution in [3.8, 4) is 17.2 Å². The van der Waals surface area contributed by atoms with Crippen LogP contribution in [-0.2, 0) is 16.1 Å². The average molecular weight is 399 g/mol. The van der Waals surface area contributed by atoms with Crippen LogP contribution in [0.5, 0.6) is 17.2 Å². The van der Waals surface area contributed by atoms with Gasteiger partial charge in [-0.15, -0.1) is 0 Å². The summed E-state index contributed by atoms with van der Waals surface area (Å²) in [6.07, 6.45) is 3.33. The fourth-order valence-corrected chi connectivity index (χ4v) is 3.46. The van der Waals surface area contributed by atoms with E-state index in [1.807, 2.05) is 0 Å². The highest BCUT2D eigenvalue weighted by Gasteiger charge is 2.33. The Balaban J connectivity index is 1.45. The third-order valence-electron chi connectivity index (χ3n) is 4.76. The van der Waals surface area contributed by atoms with Crippen molar-refractivity contribution in [3.05, 3.63) is 57.8 Å². The highest BCUT2D eigenvalue weighted by atomic mass is 35.5. The van der Waals surface area contributed by atoms with Crippen molar-refractivity contribution in [2.45, 2.75) is 19.4 Å². The lowest BCUT2D eigenvalue weighted by Gasteiger charge is -2.20. The van der Waals surface area contributed by atoms with Crippen LogP contribution in [0.2, 0.25) is 5.02 Å². The van der Waals surface area contributed by atoms with Crippen molar-refractivity contribution >= 4 is 29.4 Å². The molecule has 1 fully saturated rings. The van der Waals surface area contributed by atoms with Crippen LogP contribution in [0.3, 0.4) is 0 Å². The van der Waals surface area contributed by atoms with E-state index in [0.717, 1.165) is 18.4 Å². The number of ketones is 1. The van der Waals surface area contributed by atoms with Crippen LogP contribution < -0.4 is 14.2 Å². The molecule has 0 atom stereocenters.